The molecule has 35 heavy (non-hydrogen) atoms. The summed E-state index contributed by atoms with van der Waals surface area (Å²) in [6, 6.07) is 16.4. The van der Waals surface area contributed by atoms with Crippen LogP contribution in [0.15, 0.2) is 54.6 Å². The van der Waals surface area contributed by atoms with Crippen molar-refractivity contribution < 1.29 is 19.1 Å². The van der Waals surface area contributed by atoms with E-state index >= 15 is 0 Å². The summed E-state index contributed by atoms with van der Waals surface area (Å²) in [5.74, 6) is 0.570. The Labute approximate surface area is 207 Å². The Morgan fingerprint density at radius 2 is 1.57 bits per heavy atom. The van der Waals surface area contributed by atoms with E-state index in [1.807, 2.05) is 40.1 Å². The normalized spacial score (nSPS) is 17.2. The van der Waals surface area contributed by atoms with Gasteiger partial charge >= 0.3 is 0 Å². The number of methoxy groups -OCH3 is 1. The van der Waals surface area contributed by atoms with E-state index in [0.29, 0.717) is 43.7 Å². The van der Waals surface area contributed by atoms with Crippen molar-refractivity contribution in [3.8, 4) is 5.75 Å². The lowest BCUT2D eigenvalue weighted by Gasteiger charge is -2.37. The summed E-state index contributed by atoms with van der Waals surface area (Å²) in [7, 11) is 1.58. The van der Waals surface area contributed by atoms with Gasteiger partial charge in [0.05, 0.1) is 7.11 Å². The van der Waals surface area contributed by atoms with Crippen LogP contribution < -0.4 is 10.1 Å². The summed E-state index contributed by atoms with van der Waals surface area (Å²) in [4.78, 5) is 43.0. The van der Waals surface area contributed by atoms with Crippen LogP contribution in [0.1, 0.15) is 48.0 Å². The van der Waals surface area contributed by atoms with E-state index in [1.54, 1.807) is 31.4 Å². The number of piperidine rings is 1. The van der Waals surface area contributed by atoms with Crippen LogP contribution in [0.5, 0.6) is 5.75 Å². The van der Waals surface area contributed by atoms with Crippen molar-refractivity contribution in [1.29, 1.82) is 0 Å². The van der Waals surface area contributed by atoms with Gasteiger partial charge in [0.25, 0.3) is 5.91 Å². The maximum Gasteiger partial charge on any atom is 0.251 e. The molecule has 2 fully saturated rings. The van der Waals surface area contributed by atoms with Crippen LogP contribution in [0.3, 0.4) is 0 Å². The van der Waals surface area contributed by atoms with E-state index in [9.17, 15) is 14.4 Å². The molecule has 7 heteroatoms. The molecule has 2 aliphatic rings. The molecule has 1 unspecified atom stereocenters. The molecular weight excluding hydrogens is 442 g/mol. The molecule has 1 atom stereocenters. The molecule has 2 aromatic carbocycles. The molecule has 186 valence electrons. The van der Waals surface area contributed by atoms with E-state index in [0.717, 1.165) is 37.9 Å². The number of ether oxygens (including phenoxy) is 1. The fraction of sp³-hybridized carbons (Fsp3) is 0.464. The van der Waals surface area contributed by atoms with Crippen molar-refractivity contribution in [3.05, 3.63) is 65.7 Å². The van der Waals surface area contributed by atoms with Gasteiger partial charge in [0, 0.05) is 38.2 Å². The molecule has 2 heterocycles. The number of likely N-dealkylation sites (tertiary alicyclic amines) is 2. The summed E-state index contributed by atoms with van der Waals surface area (Å²) in [5.41, 5.74) is 1.66. The molecular formula is C28H35N3O4. The average molecular weight is 478 g/mol. The van der Waals surface area contributed by atoms with E-state index in [2.05, 4.69) is 5.32 Å². The van der Waals surface area contributed by atoms with Gasteiger partial charge in [0.15, 0.2) is 0 Å². The van der Waals surface area contributed by atoms with Crippen LogP contribution in [-0.2, 0) is 16.0 Å². The van der Waals surface area contributed by atoms with Gasteiger partial charge in [-0.05, 0) is 67.9 Å². The lowest BCUT2D eigenvalue weighted by molar-refractivity contribution is -0.135. The first-order valence-electron chi connectivity index (χ1n) is 12.6. The van der Waals surface area contributed by atoms with Crippen LogP contribution in [0.2, 0.25) is 0 Å². The summed E-state index contributed by atoms with van der Waals surface area (Å²) < 4.78 is 5.18. The topological polar surface area (TPSA) is 79.0 Å². The number of hydrogen-bond acceptors (Lipinski definition) is 4. The zero-order chi connectivity index (χ0) is 24.6. The molecule has 0 saturated carbocycles. The molecule has 0 aromatic heterocycles. The van der Waals surface area contributed by atoms with Crippen molar-refractivity contribution in [2.24, 2.45) is 5.92 Å². The number of amides is 3. The molecule has 2 aromatic rings. The summed E-state index contributed by atoms with van der Waals surface area (Å²) in [5, 5.41) is 3.03. The second kappa shape index (κ2) is 11.9. The highest BCUT2D eigenvalue weighted by molar-refractivity contribution is 5.97. The van der Waals surface area contributed by atoms with Crippen molar-refractivity contribution in [2.75, 3.05) is 33.3 Å². The van der Waals surface area contributed by atoms with Gasteiger partial charge in [-0.3, -0.25) is 14.4 Å². The Balaban J connectivity index is 1.37. The molecule has 0 radical (unpaired) electrons. The minimum absolute atomic E-state index is 0.00165. The van der Waals surface area contributed by atoms with Crippen molar-refractivity contribution >= 4 is 17.7 Å². The molecule has 2 saturated heterocycles. The molecule has 1 N–H and O–H groups in total. The van der Waals surface area contributed by atoms with Gasteiger partial charge < -0.3 is 19.9 Å². The molecule has 2 aliphatic heterocycles. The molecule has 7 nitrogen and oxygen atoms in total. The second-order valence-electron chi connectivity index (χ2n) is 9.42. The van der Waals surface area contributed by atoms with E-state index < -0.39 is 6.04 Å². The number of carbonyl (C=O) groups is 3. The van der Waals surface area contributed by atoms with Gasteiger partial charge in [0.1, 0.15) is 11.8 Å². The third-order valence-corrected chi connectivity index (χ3v) is 7.16. The number of nitrogens with zero attached hydrogens (tertiary/aromatic N) is 2. The quantitative estimate of drug-likeness (QED) is 0.633. The number of nitrogens with one attached hydrogen (secondary N) is 1. The molecule has 0 bridgehead atoms. The standard InChI is InChI=1S/C28H35N3O4/c1-35-24-12-10-23(11-13-24)27(33)29-26(28(34)31-17-5-6-18-31)22-15-19-30(20-16-22)25(32)14-9-21-7-3-2-4-8-21/h2-4,7-8,10-13,22,26H,5-6,9,14-20H2,1H3,(H,29,33). The molecule has 0 aliphatic carbocycles. The van der Waals surface area contributed by atoms with Crippen molar-refractivity contribution in [2.45, 2.75) is 44.6 Å². The van der Waals surface area contributed by atoms with Gasteiger partial charge in [-0.15, -0.1) is 0 Å². The number of hydrogen-bond donors (Lipinski definition) is 1. The fourth-order valence-corrected chi connectivity index (χ4v) is 5.02. The number of rotatable bonds is 8. The minimum Gasteiger partial charge on any atom is -0.497 e. The Kier molecular flexibility index (Phi) is 8.40. The zero-order valence-electron chi connectivity index (χ0n) is 20.4. The Hall–Kier alpha value is -3.35. The maximum absolute atomic E-state index is 13.4. The van der Waals surface area contributed by atoms with Gasteiger partial charge in [0.2, 0.25) is 11.8 Å². The minimum atomic E-state index is -0.579. The van der Waals surface area contributed by atoms with E-state index in [4.69, 9.17) is 4.74 Å². The number of carbonyl (C=O) groups excluding carboxylic acids is 3. The largest absolute Gasteiger partial charge is 0.497 e. The average Bonchev–Trinajstić information content (AvgIpc) is 3.46. The van der Waals surface area contributed by atoms with Crippen molar-refractivity contribution in [3.63, 3.8) is 0 Å². The van der Waals surface area contributed by atoms with Crippen LogP contribution in [0.4, 0.5) is 0 Å². The van der Waals surface area contributed by atoms with Crippen molar-refractivity contribution in [1.82, 2.24) is 15.1 Å². The Morgan fingerprint density at radius 1 is 0.914 bits per heavy atom. The SMILES string of the molecule is COc1ccc(C(=O)NC(C(=O)N2CCCC2)C2CCN(C(=O)CCc3ccccc3)CC2)cc1. The first kappa shape index (κ1) is 24.8. The second-order valence-corrected chi connectivity index (χ2v) is 9.42. The van der Waals surface area contributed by atoms with E-state index in [-0.39, 0.29) is 23.6 Å². The van der Waals surface area contributed by atoms with Gasteiger partial charge in [-0.2, -0.15) is 0 Å². The number of aryl methyl sites for hydroxylation is 1. The maximum atomic E-state index is 13.4. The lowest BCUT2D eigenvalue weighted by Crippen LogP contribution is -2.54. The third kappa shape index (κ3) is 6.41. The first-order valence-corrected chi connectivity index (χ1v) is 12.6. The fourth-order valence-electron chi connectivity index (χ4n) is 5.02. The molecule has 3 amide bonds. The van der Waals surface area contributed by atoms with Crippen LogP contribution >= 0.6 is 0 Å². The summed E-state index contributed by atoms with van der Waals surface area (Å²) >= 11 is 0. The smallest absolute Gasteiger partial charge is 0.251 e. The van der Waals surface area contributed by atoms with Crippen LogP contribution in [0.25, 0.3) is 0 Å². The highest BCUT2D eigenvalue weighted by Gasteiger charge is 2.36. The van der Waals surface area contributed by atoms with Gasteiger partial charge in [-0.25, -0.2) is 0 Å². The predicted octanol–water partition coefficient (Wildman–Crippen LogP) is 3.29. The van der Waals surface area contributed by atoms with Crippen LogP contribution in [0, 0.1) is 5.92 Å². The Bertz CT molecular complexity index is 995. The Morgan fingerprint density at radius 3 is 2.20 bits per heavy atom. The monoisotopic (exact) mass is 477 g/mol. The van der Waals surface area contributed by atoms with E-state index in [1.165, 1.54) is 0 Å². The van der Waals surface area contributed by atoms with Gasteiger partial charge in [-0.1, -0.05) is 30.3 Å². The summed E-state index contributed by atoms with van der Waals surface area (Å²) in [6.45, 7) is 2.70. The highest BCUT2D eigenvalue weighted by atomic mass is 16.5. The zero-order valence-corrected chi connectivity index (χ0v) is 20.4. The first-order chi connectivity index (χ1) is 17.0. The molecule has 0 spiro atoms. The lowest BCUT2D eigenvalue weighted by atomic mass is 9.88. The number of benzene rings is 2. The summed E-state index contributed by atoms with van der Waals surface area (Å²) in [6.07, 6.45) is 4.61. The highest BCUT2D eigenvalue weighted by Crippen LogP contribution is 2.25. The predicted molar refractivity (Wildman–Crippen MR) is 134 cm³/mol. The molecule has 4 rings (SSSR count). The van der Waals surface area contributed by atoms with Crippen LogP contribution in [-0.4, -0.2) is 66.9 Å². The third-order valence-electron chi connectivity index (χ3n) is 7.16.